The molecule has 0 aliphatic carbocycles. The third-order valence-electron chi connectivity index (χ3n) is 3.40. The average Bonchev–Trinajstić information content (AvgIpc) is 2.97. The summed E-state index contributed by atoms with van der Waals surface area (Å²) < 4.78 is 5.36. The number of H-pyrrole nitrogens is 1. The predicted octanol–water partition coefficient (Wildman–Crippen LogP) is 3.42. The maximum absolute atomic E-state index is 12.1. The van der Waals surface area contributed by atoms with Gasteiger partial charge in [-0.2, -0.15) is 0 Å². The van der Waals surface area contributed by atoms with Gasteiger partial charge in [0.2, 0.25) is 5.91 Å². The number of ether oxygens (including phenoxy) is 1. The van der Waals surface area contributed by atoms with Gasteiger partial charge in [-0.1, -0.05) is 11.8 Å². The summed E-state index contributed by atoms with van der Waals surface area (Å²) in [6.45, 7) is 4.40. The molecule has 1 aromatic carbocycles. The molecule has 0 radical (unpaired) electrons. The summed E-state index contributed by atoms with van der Waals surface area (Å²) in [6, 6.07) is 7.18. The largest absolute Gasteiger partial charge is 0.494 e. The number of aryl methyl sites for hydroxylation is 1. The number of aromatic nitrogens is 2. The lowest BCUT2D eigenvalue weighted by Crippen LogP contribution is -2.15. The first-order valence-corrected chi connectivity index (χ1v) is 9.57. The Labute approximate surface area is 152 Å². The molecule has 0 saturated carbocycles. The van der Waals surface area contributed by atoms with E-state index < -0.39 is 0 Å². The Bertz CT molecular complexity index is 948. The molecular formula is C17H17N3O3S2. The maximum Gasteiger partial charge on any atom is 0.260 e. The quantitative estimate of drug-likeness (QED) is 0.509. The van der Waals surface area contributed by atoms with Crippen molar-refractivity contribution in [3.05, 3.63) is 45.6 Å². The van der Waals surface area contributed by atoms with E-state index in [1.54, 1.807) is 24.3 Å². The van der Waals surface area contributed by atoms with Gasteiger partial charge in [0, 0.05) is 5.69 Å². The van der Waals surface area contributed by atoms with Gasteiger partial charge in [-0.05, 0) is 49.1 Å². The fourth-order valence-corrected chi connectivity index (χ4v) is 3.91. The molecule has 0 fully saturated rings. The third kappa shape index (κ3) is 4.21. The topological polar surface area (TPSA) is 84.1 Å². The van der Waals surface area contributed by atoms with Gasteiger partial charge >= 0.3 is 0 Å². The normalized spacial score (nSPS) is 10.8. The second-order valence-electron chi connectivity index (χ2n) is 5.26. The van der Waals surface area contributed by atoms with Gasteiger partial charge in [-0.3, -0.25) is 9.59 Å². The van der Waals surface area contributed by atoms with Crippen LogP contribution in [0.3, 0.4) is 0 Å². The summed E-state index contributed by atoms with van der Waals surface area (Å²) in [5.41, 5.74) is 1.44. The van der Waals surface area contributed by atoms with Crippen LogP contribution < -0.4 is 15.6 Å². The molecule has 130 valence electrons. The smallest absolute Gasteiger partial charge is 0.260 e. The minimum absolute atomic E-state index is 0.159. The van der Waals surface area contributed by atoms with Crippen molar-refractivity contribution >= 4 is 44.9 Å². The number of thioether (sulfide) groups is 1. The van der Waals surface area contributed by atoms with Crippen LogP contribution in [0.1, 0.15) is 12.5 Å². The first kappa shape index (κ1) is 17.5. The van der Waals surface area contributed by atoms with E-state index in [-0.39, 0.29) is 17.2 Å². The lowest BCUT2D eigenvalue weighted by Gasteiger charge is -2.07. The lowest BCUT2D eigenvalue weighted by atomic mass is 10.3. The molecule has 1 amide bonds. The van der Waals surface area contributed by atoms with Gasteiger partial charge in [0.15, 0.2) is 5.16 Å². The van der Waals surface area contributed by atoms with Crippen LogP contribution in [0.15, 0.2) is 39.6 Å². The number of hydrogen-bond donors (Lipinski definition) is 2. The minimum atomic E-state index is -0.168. The Morgan fingerprint density at radius 2 is 2.12 bits per heavy atom. The van der Waals surface area contributed by atoms with Gasteiger partial charge < -0.3 is 15.0 Å². The molecule has 0 aliphatic heterocycles. The molecule has 0 saturated heterocycles. The first-order valence-electron chi connectivity index (χ1n) is 7.70. The molecular weight excluding hydrogens is 358 g/mol. The second-order valence-corrected chi connectivity index (χ2v) is 7.09. The molecule has 2 aromatic heterocycles. The van der Waals surface area contributed by atoms with Crippen molar-refractivity contribution < 1.29 is 9.53 Å². The van der Waals surface area contributed by atoms with E-state index in [2.05, 4.69) is 15.3 Å². The predicted molar refractivity (Wildman–Crippen MR) is 102 cm³/mol. The number of benzene rings is 1. The van der Waals surface area contributed by atoms with Crippen LogP contribution >= 0.6 is 23.1 Å². The monoisotopic (exact) mass is 375 g/mol. The fraction of sp³-hybridized carbons (Fsp3) is 0.235. The standard InChI is InChI=1S/C17H17N3O3S2/c1-3-23-12-6-4-11(5-7-12)18-13(21)9-25-17-19-15(22)14-10(2)8-24-16(14)20-17/h4-8H,3,9H2,1-2H3,(H,18,21)(H,19,20,22). The number of fused-ring (bicyclic) bond motifs is 1. The summed E-state index contributed by atoms with van der Waals surface area (Å²) in [5, 5.41) is 5.77. The van der Waals surface area contributed by atoms with Crippen LogP contribution in [0.5, 0.6) is 5.75 Å². The van der Waals surface area contributed by atoms with E-state index in [1.165, 1.54) is 23.1 Å². The van der Waals surface area contributed by atoms with Crippen molar-refractivity contribution in [3.63, 3.8) is 0 Å². The summed E-state index contributed by atoms with van der Waals surface area (Å²) in [5.74, 6) is 0.752. The summed E-state index contributed by atoms with van der Waals surface area (Å²) in [6.07, 6.45) is 0. The van der Waals surface area contributed by atoms with Gasteiger partial charge in [0.1, 0.15) is 10.6 Å². The molecule has 3 aromatic rings. The Kier molecular flexibility index (Phi) is 5.40. The summed E-state index contributed by atoms with van der Waals surface area (Å²) >= 11 is 2.63. The molecule has 0 aliphatic rings. The van der Waals surface area contributed by atoms with Gasteiger partial charge in [-0.15, -0.1) is 11.3 Å². The number of amides is 1. The zero-order valence-electron chi connectivity index (χ0n) is 13.8. The van der Waals surface area contributed by atoms with E-state index >= 15 is 0 Å². The van der Waals surface area contributed by atoms with E-state index in [9.17, 15) is 9.59 Å². The lowest BCUT2D eigenvalue weighted by molar-refractivity contribution is -0.113. The highest BCUT2D eigenvalue weighted by atomic mass is 32.2. The number of nitrogens with zero attached hydrogens (tertiary/aromatic N) is 1. The zero-order chi connectivity index (χ0) is 17.8. The van der Waals surface area contributed by atoms with Crippen LogP contribution in [-0.2, 0) is 4.79 Å². The van der Waals surface area contributed by atoms with E-state index in [0.29, 0.717) is 27.7 Å². The van der Waals surface area contributed by atoms with Gasteiger partial charge in [-0.25, -0.2) is 4.98 Å². The molecule has 0 atom stereocenters. The van der Waals surface area contributed by atoms with Crippen LogP contribution in [0, 0.1) is 6.92 Å². The fourth-order valence-electron chi connectivity index (χ4n) is 2.27. The van der Waals surface area contributed by atoms with E-state index in [1.807, 2.05) is 19.2 Å². The van der Waals surface area contributed by atoms with Crippen molar-refractivity contribution in [1.29, 1.82) is 0 Å². The number of thiophene rings is 1. The van der Waals surface area contributed by atoms with Crippen LogP contribution in [0.2, 0.25) is 0 Å². The maximum atomic E-state index is 12.1. The highest BCUT2D eigenvalue weighted by Crippen LogP contribution is 2.22. The van der Waals surface area contributed by atoms with Crippen molar-refractivity contribution in [2.24, 2.45) is 0 Å². The number of anilines is 1. The number of hydrogen-bond acceptors (Lipinski definition) is 6. The van der Waals surface area contributed by atoms with Crippen molar-refractivity contribution in [2.45, 2.75) is 19.0 Å². The SMILES string of the molecule is CCOc1ccc(NC(=O)CSc2nc3scc(C)c3c(=O)[nH]2)cc1. The molecule has 0 bridgehead atoms. The highest BCUT2D eigenvalue weighted by molar-refractivity contribution is 7.99. The van der Waals surface area contributed by atoms with Crippen molar-refractivity contribution in [1.82, 2.24) is 9.97 Å². The van der Waals surface area contributed by atoms with Crippen LogP contribution in [0.4, 0.5) is 5.69 Å². The van der Waals surface area contributed by atoms with Crippen LogP contribution in [0.25, 0.3) is 10.2 Å². The number of aromatic amines is 1. The number of carbonyl (C=O) groups excluding carboxylic acids is 1. The summed E-state index contributed by atoms with van der Waals surface area (Å²) in [4.78, 5) is 32.0. The molecule has 0 unspecified atom stereocenters. The molecule has 25 heavy (non-hydrogen) atoms. The Hall–Kier alpha value is -2.32. The van der Waals surface area contributed by atoms with E-state index in [4.69, 9.17) is 4.74 Å². The molecule has 2 heterocycles. The third-order valence-corrected chi connectivity index (χ3v) is 5.26. The molecule has 2 N–H and O–H groups in total. The first-order chi connectivity index (χ1) is 12.1. The molecule has 8 heteroatoms. The number of carbonyl (C=O) groups is 1. The average molecular weight is 375 g/mol. The van der Waals surface area contributed by atoms with Gasteiger partial charge in [0.05, 0.1) is 17.7 Å². The molecule has 0 spiro atoms. The summed E-state index contributed by atoms with van der Waals surface area (Å²) in [7, 11) is 0. The van der Waals surface area contributed by atoms with E-state index in [0.717, 1.165) is 11.3 Å². The highest BCUT2D eigenvalue weighted by Gasteiger charge is 2.10. The zero-order valence-corrected chi connectivity index (χ0v) is 15.4. The number of nitrogens with one attached hydrogen (secondary N) is 2. The molecule has 3 rings (SSSR count). The Balaban J connectivity index is 1.61. The second kappa shape index (κ2) is 7.71. The van der Waals surface area contributed by atoms with Gasteiger partial charge in [0.25, 0.3) is 5.56 Å². The minimum Gasteiger partial charge on any atom is -0.494 e. The number of rotatable bonds is 6. The molecule has 6 nitrogen and oxygen atoms in total. The van der Waals surface area contributed by atoms with Crippen LogP contribution in [-0.4, -0.2) is 28.2 Å². The Morgan fingerprint density at radius 1 is 1.36 bits per heavy atom. The van der Waals surface area contributed by atoms with Crippen molar-refractivity contribution in [2.75, 3.05) is 17.7 Å². The van der Waals surface area contributed by atoms with Crippen molar-refractivity contribution in [3.8, 4) is 5.75 Å². The Morgan fingerprint density at radius 3 is 2.84 bits per heavy atom.